The molecule has 0 amide bonds. The molecule has 0 N–H and O–H groups in total. The van der Waals surface area contributed by atoms with Crippen LogP contribution in [0.1, 0.15) is 137 Å². The Hall–Kier alpha value is -1.10. The maximum atomic E-state index is 6.63. The van der Waals surface area contributed by atoms with Crippen molar-refractivity contribution < 1.29 is 32.8 Å². The first-order valence-corrected chi connectivity index (χ1v) is 21.6. The monoisotopic (exact) mass is 678 g/mol. The predicted molar refractivity (Wildman–Crippen MR) is 193 cm³/mol. The Morgan fingerprint density at radius 3 is 1.91 bits per heavy atom. The Labute approximate surface area is 290 Å². The highest BCUT2D eigenvalue weighted by molar-refractivity contribution is 6.48. The molecule has 2 rings (SSSR count). The van der Waals surface area contributed by atoms with Crippen molar-refractivity contribution in [3.8, 4) is 23.9 Å². The zero-order chi connectivity index (χ0) is 34.3. The van der Waals surface area contributed by atoms with Crippen LogP contribution in [-0.2, 0) is 32.8 Å². The minimum absolute atomic E-state index is 0.0559. The minimum Gasteiger partial charge on any atom is -0.505 e. The summed E-state index contributed by atoms with van der Waals surface area (Å²) < 4.78 is 41.4. The van der Waals surface area contributed by atoms with E-state index in [1.54, 1.807) is 14.2 Å². The summed E-state index contributed by atoms with van der Waals surface area (Å²) >= 11 is 0. The predicted octanol–water partition coefficient (Wildman–Crippen LogP) is 8.78. The molecule has 7 unspecified atom stereocenters. The van der Waals surface area contributed by atoms with E-state index in [1.807, 2.05) is 0 Å². The van der Waals surface area contributed by atoms with Gasteiger partial charge in [0.2, 0.25) is 9.04 Å². The van der Waals surface area contributed by atoms with Gasteiger partial charge in [0.25, 0.3) is 0 Å². The van der Waals surface area contributed by atoms with Gasteiger partial charge in [-0.1, -0.05) is 90.9 Å². The van der Waals surface area contributed by atoms with Crippen LogP contribution in [0.25, 0.3) is 0 Å². The fourth-order valence-electron chi connectivity index (χ4n) is 6.70. The van der Waals surface area contributed by atoms with E-state index in [4.69, 9.17) is 32.8 Å². The third-order valence-corrected chi connectivity index (χ3v) is 10.1. The van der Waals surface area contributed by atoms with Gasteiger partial charge in [-0.05, 0) is 69.4 Å². The number of hydrogen-bond donors (Lipinski definition) is 0. The van der Waals surface area contributed by atoms with E-state index in [-0.39, 0.29) is 48.8 Å². The molecular weight excluding hydrogens is 609 g/mol. The van der Waals surface area contributed by atoms with Crippen LogP contribution in [0.4, 0.5) is 0 Å². The topological polar surface area (TPSA) is 64.6 Å². The first-order valence-electron chi connectivity index (χ1n) is 18.8. The molecule has 8 heteroatoms. The normalized spacial score (nSPS) is 23.2. The van der Waals surface area contributed by atoms with Gasteiger partial charge in [0.1, 0.15) is 19.7 Å². The lowest BCUT2D eigenvalue weighted by atomic mass is 9.75. The molecule has 0 aromatic carbocycles. The van der Waals surface area contributed by atoms with Crippen molar-refractivity contribution in [1.82, 2.24) is 0 Å². The van der Waals surface area contributed by atoms with Gasteiger partial charge in [-0.25, -0.2) is 0 Å². The van der Waals surface area contributed by atoms with Crippen molar-refractivity contribution in [1.29, 1.82) is 0 Å². The van der Waals surface area contributed by atoms with E-state index in [2.05, 4.69) is 64.7 Å². The Kier molecular flexibility index (Phi) is 22.3. The second-order valence-electron chi connectivity index (χ2n) is 14.9. The number of unbranched alkanes of at least 4 members (excludes halogenated alkanes) is 7. The second kappa shape index (κ2) is 24.9. The number of hydrogen-bond acceptors (Lipinski definition) is 7. The SMILES string of the molecule is CCCCCCCCCCC(OCOC)C1CCC(C2CCC(C(C#CCCC(CCC#CO[SiH](C)C)C(C)(C)C)OCOC)O2)O1. The molecule has 0 radical (unpaired) electrons. The van der Waals surface area contributed by atoms with E-state index in [0.717, 1.165) is 57.8 Å². The van der Waals surface area contributed by atoms with Gasteiger partial charge < -0.3 is 32.8 Å². The second-order valence-corrected chi connectivity index (χ2v) is 17.2. The van der Waals surface area contributed by atoms with E-state index in [0.29, 0.717) is 12.7 Å². The molecule has 7 atom stereocenters. The molecule has 2 fully saturated rings. The molecular formula is C39H70O7Si. The fourth-order valence-corrected chi connectivity index (χ4v) is 7.02. The fraction of sp³-hybridized carbons (Fsp3) is 0.897. The molecule has 2 aliphatic rings. The largest absolute Gasteiger partial charge is 0.505 e. The van der Waals surface area contributed by atoms with Gasteiger partial charge in [0, 0.05) is 27.1 Å². The average Bonchev–Trinajstić information content (AvgIpc) is 3.72. The van der Waals surface area contributed by atoms with Gasteiger partial charge in [-0.2, -0.15) is 0 Å². The lowest BCUT2D eigenvalue weighted by molar-refractivity contribution is -0.150. The van der Waals surface area contributed by atoms with Crippen molar-refractivity contribution in [2.24, 2.45) is 11.3 Å². The van der Waals surface area contributed by atoms with Crippen LogP contribution >= 0.6 is 0 Å². The van der Waals surface area contributed by atoms with Crippen molar-refractivity contribution in [3.63, 3.8) is 0 Å². The molecule has 0 saturated carbocycles. The lowest BCUT2D eigenvalue weighted by Gasteiger charge is -2.30. The molecule has 0 aromatic heterocycles. The lowest BCUT2D eigenvalue weighted by Crippen LogP contribution is -2.35. The summed E-state index contributed by atoms with van der Waals surface area (Å²) in [4.78, 5) is 0. The van der Waals surface area contributed by atoms with Gasteiger partial charge >= 0.3 is 0 Å². The molecule has 47 heavy (non-hydrogen) atoms. The summed E-state index contributed by atoms with van der Waals surface area (Å²) in [5.41, 5.74) is 0.200. The number of ether oxygens (including phenoxy) is 6. The van der Waals surface area contributed by atoms with Crippen LogP contribution in [0.5, 0.6) is 0 Å². The first-order chi connectivity index (χ1) is 22.7. The molecule has 0 bridgehead atoms. The maximum Gasteiger partial charge on any atom is 0.244 e. The zero-order valence-corrected chi connectivity index (χ0v) is 32.6. The zero-order valence-electron chi connectivity index (χ0n) is 31.4. The smallest absolute Gasteiger partial charge is 0.244 e. The molecule has 0 aromatic rings. The standard InChI is InChI=1S/C39H70O7Si/c1-9-10-11-12-13-14-15-16-23-33(42-30-40-5)35-25-27-37(45-35)38-28-26-36(46-38)34(43-31-41-6)24-18-17-21-32(39(2,3)4)22-19-20-29-44-47(7)8/h32-38,47H,9-17,19,21-23,25-28,30-31H2,1-8H3. The van der Waals surface area contributed by atoms with Gasteiger partial charge in [-0.3, -0.25) is 0 Å². The van der Waals surface area contributed by atoms with E-state index < -0.39 is 9.04 Å². The highest BCUT2D eigenvalue weighted by atomic mass is 28.3. The summed E-state index contributed by atoms with van der Waals surface area (Å²) in [5.74, 6) is 10.6. The quantitative estimate of drug-likeness (QED) is 0.0463. The van der Waals surface area contributed by atoms with E-state index in [9.17, 15) is 0 Å². The van der Waals surface area contributed by atoms with Crippen LogP contribution in [-0.4, -0.2) is 73.5 Å². The van der Waals surface area contributed by atoms with Gasteiger partial charge in [0.05, 0.1) is 36.6 Å². The van der Waals surface area contributed by atoms with Crippen molar-refractivity contribution in [2.45, 2.75) is 187 Å². The average molecular weight is 679 g/mol. The first kappa shape index (κ1) is 42.1. The molecule has 272 valence electrons. The molecule has 2 aliphatic heterocycles. The highest BCUT2D eigenvalue weighted by Gasteiger charge is 2.41. The Morgan fingerprint density at radius 2 is 1.30 bits per heavy atom. The third-order valence-electron chi connectivity index (χ3n) is 9.52. The summed E-state index contributed by atoms with van der Waals surface area (Å²) in [5, 5.41) is 0. The van der Waals surface area contributed by atoms with Crippen molar-refractivity contribution >= 4 is 9.04 Å². The summed E-state index contributed by atoms with van der Waals surface area (Å²) in [6.07, 6.45) is 21.9. The molecule has 0 aliphatic carbocycles. The molecule has 2 heterocycles. The molecule has 2 saturated heterocycles. The molecule has 0 spiro atoms. The van der Waals surface area contributed by atoms with Gasteiger partial charge in [0.15, 0.2) is 0 Å². The van der Waals surface area contributed by atoms with Crippen molar-refractivity contribution in [3.05, 3.63) is 0 Å². The van der Waals surface area contributed by atoms with Crippen LogP contribution in [0.3, 0.4) is 0 Å². The van der Waals surface area contributed by atoms with Crippen LogP contribution < -0.4 is 0 Å². The van der Waals surface area contributed by atoms with Crippen molar-refractivity contribution in [2.75, 3.05) is 27.8 Å². The highest BCUT2D eigenvalue weighted by Crippen LogP contribution is 2.36. The number of rotatable bonds is 23. The Balaban J connectivity index is 1.86. The van der Waals surface area contributed by atoms with E-state index in [1.165, 1.54) is 51.4 Å². The van der Waals surface area contributed by atoms with Crippen LogP contribution in [0.15, 0.2) is 0 Å². The summed E-state index contributed by atoms with van der Waals surface area (Å²) in [7, 11) is 2.24. The van der Waals surface area contributed by atoms with Gasteiger partial charge in [-0.15, -0.1) is 5.92 Å². The van der Waals surface area contributed by atoms with Crippen LogP contribution in [0, 0.1) is 35.2 Å². The van der Waals surface area contributed by atoms with E-state index >= 15 is 0 Å². The number of methoxy groups -OCH3 is 2. The third kappa shape index (κ3) is 17.9. The summed E-state index contributed by atoms with van der Waals surface area (Å²) in [6.45, 7) is 14.0. The Morgan fingerprint density at radius 1 is 0.723 bits per heavy atom. The minimum atomic E-state index is -1.09. The maximum absolute atomic E-state index is 6.63. The molecule has 7 nitrogen and oxygen atoms in total. The Bertz CT molecular complexity index is 914. The van der Waals surface area contributed by atoms with Crippen LogP contribution in [0.2, 0.25) is 13.1 Å². The summed E-state index contributed by atoms with van der Waals surface area (Å²) in [6, 6.07) is 0.